The molecule has 0 aliphatic carbocycles. The maximum absolute atomic E-state index is 12.2. The van der Waals surface area contributed by atoms with E-state index >= 15 is 0 Å². The number of benzene rings is 2. The van der Waals surface area contributed by atoms with Gasteiger partial charge in [-0.25, -0.2) is 0 Å². The Hall–Kier alpha value is -2.89. The van der Waals surface area contributed by atoms with E-state index in [0.29, 0.717) is 17.2 Å². The third-order valence-corrected chi connectivity index (χ3v) is 3.80. The Morgan fingerprint density at radius 3 is 2.46 bits per heavy atom. The molecule has 0 heterocycles. The van der Waals surface area contributed by atoms with Gasteiger partial charge in [0.25, 0.3) is 5.69 Å². The van der Waals surface area contributed by atoms with Crippen LogP contribution in [-0.2, 0) is 4.79 Å². The van der Waals surface area contributed by atoms with Gasteiger partial charge in [-0.2, -0.15) is 0 Å². The highest BCUT2D eigenvalue weighted by molar-refractivity contribution is 5.95. The number of carbonyl (C=O) groups is 1. The van der Waals surface area contributed by atoms with E-state index in [9.17, 15) is 14.9 Å². The monoisotopic (exact) mass is 327 g/mol. The Morgan fingerprint density at radius 2 is 1.79 bits per heavy atom. The van der Waals surface area contributed by atoms with Gasteiger partial charge in [0.05, 0.1) is 22.7 Å². The van der Waals surface area contributed by atoms with Crippen LogP contribution in [0.1, 0.15) is 30.9 Å². The van der Waals surface area contributed by atoms with Crippen molar-refractivity contribution < 1.29 is 9.72 Å². The lowest BCUT2D eigenvalue weighted by atomic mass is 10.0. The van der Waals surface area contributed by atoms with Crippen LogP contribution in [0.2, 0.25) is 0 Å². The van der Waals surface area contributed by atoms with Crippen LogP contribution in [0.3, 0.4) is 0 Å². The van der Waals surface area contributed by atoms with Gasteiger partial charge in [0.15, 0.2) is 0 Å². The summed E-state index contributed by atoms with van der Waals surface area (Å²) >= 11 is 0. The Labute approximate surface area is 141 Å². The quantitative estimate of drug-likeness (QED) is 0.618. The number of nitro groups is 1. The average molecular weight is 327 g/mol. The van der Waals surface area contributed by atoms with Gasteiger partial charge in [-0.15, -0.1) is 0 Å². The topological polar surface area (TPSA) is 84.3 Å². The fourth-order valence-corrected chi connectivity index (χ4v) is 2.49. The molecule has 2 aromatic carbocycles. The second-order valence-electron chi connectivity index (χ2n) is 5.85. The van der Waals surface area contributed by atoms with Gasteiger partial charge < -0.3 is 10.6 Å². The number of nitrogens with zero attached hydrogens (tertiary/aromatic N) is 1. The summed E-state index contributed by atoms with van der Waals surface area (Å²) in [4.78, 5) is 22.7. The highest BCUT2D eigenvalue weighted by atomic mass is 16.6. The number of anilines is 2. The van der Waals surface area contributed by atoms with E-state index in [4.69, 9.17) is 0 Å². The predicted octanol–water partition coefficient (Wildman–Crippen LogP) is 4.08. The third-order valence-electron chi connectivity index (χ3n) is 3.80. The maximum Gasteiger partial charge on any atom is 0.274 e. The molecule has 0 fully saturated rings. The molecule has 0 saturated heterocycles. The number of para-hydroxylation sites is 1. The summed E-state index contributed by atoms with van der Waals surface area (Å²) in [6.07, 6.45) is 0. The molecule has 24 heavy (non-hydrogen) atoms. The lowest BCUT2D eigenvalue weighted by molar-refractivity contribution is -0.385. The summed E-state index contributed by atoms with van der Waals surface area (Å²) in [6, 6.07) is 12.5. The number of rotatable bonds is 6. The molecule has 0 spiro atoms. The molecular weight excluding hydrogens is 306 g/mol. The highest BCUT2D eigenvalue weighted by Gasteiger charge is 2.15. The normalized spacial score (nSPS) is 10.5. The molecule has 0 radical (unpaired) electrons. The molecule has 126 valence electrons. The molecule has 2 aromatic rings. The number of nitrogens with one attached hydrogen (secondary N) is 2. The fraction of sp³-hybridized carbons (Fsp3) is 0.278. The van der Waals surface area contributed by atoms with Crippen LogP contribution in [0.4, 0.5) is 17.1 Å². The molecule has 0 bridgehead atoms. The fourth-order valence-electron chi connectivity index (χ4n) is 2.49. The summed E-state index contributed by atoms with van der Waals surface area (Å²) in [7, 11) is 0. The first-order chi connectivity index (χ1) is 11.4. The second-order valence-corrected chi connectivity index (χ2v) is 5.85. The molecule has 6 nitrogen and oxygen atoms in total. The van der Waals surface area contributed by atoms with Crippen molar-refractivity contribution in [2.75, 3.05) is 17.2 Å². The van der Waals surface area contributed by atoms with E-state index in [0.717, 1.165) is 11.3 Å². The lowest BCUT2D eigenvalue weighted by Crippen LogP contribution is -2.22. The van der Waals surface area contributed by atoms with Crippen molar-refractivity contribution in [1.29, 1.82) is 0 Å². The summed E-state index contributed by atoms with van der Waals surface area (Å²) in [5, 5.41) is 16.8. The van der Waals surface area contributed by atoms with Gasteiger partial charge in [0.1, 0.15) is 0 Å². The molecule has 0 unspecified atom stereocenters. The van der Waals surface area contributed by atoms with Crippen molar-refractivity contribution in [3.63, 3.8) is 0 Å². The number of hydrogen-bond donors (Lipinski definition) is 2. The van der Waals surface area contributed by atoms with Crippen LogP contribution in [0.5, 0.6) is 0 Å². The van der Waals surface area contributed by atoms with Gasteiger partial charge in [-0.1, -0.05) is 38.1 Å². The second kappa shape index (κ2) is 7.59. The first-order valence-corrected chi connectivity index (χ1v) is 7.76. The molecule has 0 aromatic heterocycles. The van der Waals surface area contributed by atoms with Crippen LogP contribution >= 0.6 is 0 Å². The average Bonchev–Trinajstić information content (AvgIpc) is 2.54. The van der Waals surface area contributed by atoms with E-state index in [1.807, 2.05) is 24.3 Å². The summed E-state index contributed by atoms with van der Waals surface area (Å²) in [6.45, 7) is 5.89. The molecular formula is C18H21N3O3. The van der Waals surface area contributed by atoms with Crippen molar-refractivity contribution in [1.82, 2.24) is 0 Å². The molecule has 0 aliphatic heterocycles. The number of nitro benzene ring substituents is 1. The Bertz CT molecular complexity index is 757. The molecule has 0 saturated carbocycles. The predicted molar refractivity (Wildman–Crippen MR) is 95.5 cm³/mol. The Morgan fingerprint density at radius 1 is 1.12 bits per heavy atom. The zero-order valence-corrected chi connectivity index (χ0v) is 14.0. The number of carbonyl (C=O) groups excluding carboxylic acids is 1. The van der Waals surface area contributed by atoms with Gasteiger partial charge in [0, 0.05) is 11.8 Å². The van der Waals surface area contributed by atoms with Crippen LogP contribution in [0, 0.1) is 17.0 Å². The standard InChI is InChI=1S/C18H21N3O3/c1-12(2)14-7-4-5-8-16(14)19-11-18(22)20-15-9-6-10-17(13(15)3)21(23)24/h4-10,12,19H,11H2,1-3H3,(H,20,22). The SMILES string of the molecule is Cc1c(NC(=O)CNc2ccccc2C(C)C)cccc1[N+](=O)[O-]. The number of amides is 1. The molecule has 2 rings (SSSR count). The summed E-state index contributed by atoms with van der Waals surface area (Å²) in [5.41, 5.74) is 2.94. The lowest BCUT2D eigenvalue weighted by Gasteiger charge is -2.15. The Balaban J connectivity index is 2.05. The summed E-state index contributed by atoms with van der Waals surface area (Å²) < 4.78 is 0. The zero-order chi connectivity index (χ0) is 17.7. The van der Waals surface area contributed by atoms with E-state index in [2.05, 4.69) is 24.5 Å². The van der Waals surface area contributed by atoms with E-state index in [1.54, 1.807) is 19.1 Å². The van der Waals surface area contributed by atoms with Crippen molar-refractivity contribution in [2.45, 2.75) is 26.7 Å². The minimum Gasteiger partial charge on any atom is -0.376 e. The highest BCUT2D eigenvalue weighted by Crippen LogP contribution is 2.25. The van der Waals surface area contributed by atoms with Crippen molar-refractivity contribution >= 4 is 23.0 Å². The van der Waals surface area contributed by atoms with Crippen molar-refractivity contribution in [2.24, 2.45) is 0 Å². The van der Waals surface area contributed by atoms with Gasteiger partial charge >= 0.3 is 0 Å². The van der Waals surface area contributed by atoms with Crippen molar-refractivity contribution in [3.8, 4) is 0 Å². The minimum atomic E-state index is -0.456. The molecule has 1 amide bonds. The largest absolute Gasteiger partial charge is 0.376 e. The van der Waals surface area contributed by atoms with E-state index < -0.39 is 4.92 Å². The van der Waals surface area contributed by atoms with Crippen LogP contribution in [0.25, 0.3) is 0 Å². The van der Waals surface area contributed by atoms with Crippen LogP contribution in [-0.4, -0.2) is 17.4 Å². The first-order valence-electron chi connectivity index (χ1n) is 7.76. The molecule has 0 aliphatic rings. The first kappa shape index (κ1) is 17.5. The molecule has 6 heteroatoms. The smallest absolute Gasteiger partial charge is 0.274 e. The summed E-state index contributed by atoms with van der Waals surface area (Å²) in [5.74, 6) is 0.0907. The van der Waals surface area contributed by atoms with Crippen molar-refractivity contribution in [3.05, 3.63) is 63.7 Å². The Kier molecular flexibility index (Phi) is 5.52. The third kappa shape index (κ3) is 4.10. The van der Waals surface area contributed by atoms with Gasteiger partial charge in [0.2, 0.25) is 5.91 Å². The molecule has 0 atom stereocenters. The van der Waals surface area contributed by atoms with Crippen LogP contribution in [0.15, 0.2) is 42.5 Å². The molecule has 2 N–H and O–H groups in total. The van der Waals surface area contributed by atoms with Gasteiger partial charge in [-0.3, -0.25) is 14.9 Å². The van der Waals surface area contributed by atoms with E-state index in [1.165, 1.54) is 6.07 Å². The zero-order valence-electron chi connectivity index (χ0n) is 14.0. The van der Waals surface area contributed by atoms with Gasteiger partial charge in [-0.05, 0) is 30.5 Å². The number of hydrogen-bond acceptors (Lipinski definition) is 4. The van der Waals surface area contributed by atoms with Crippen LogP contribution < -0.4 is 10.6 Å². The van der Waals surface area contributed by atoms with E-state index in [-0.39, 0.29) is 18.1 Å². The maximum atomic E-state index is 12.2. The minimum absolute atomic E-state index is 0.00841.